The van der Waals surface area contributed by atoms with Crippen molar-refractivity contribution in [2.45, 2.75) is 31.9 Å². The van der Waals surface area contributed by atoms with Gasteiger partial charge >= 0.3 is 0 Å². The van der Waals surface area contributed by atoms with Gasteiger partial charge in [-0.05, 0) is 12.0 Å². The molecule has 0 amide bonds. The fraction of sp³-hybridized carbons (Fsp3) is 0.429. The van der Waals surface area contributed by atoms with Crippen molar-refractivity contribution in [1.29, 1.82) is 0 Å². The highest BCUT2D eigenvalue weighted by molar-refractivity contribution is 5.22. The van der Waals surface area contributed by atoms with E-state index in [1.807, 2.05) is 30.3 Å². The van der Waals surface area contributed by atoms with Crippen molar-refractivity contribution in [1.82, 2.24) is 10.1 Å². The van der Waals surface area contributed by atoms with Gasteiger partial charge in [-0.1, -0.05) is 48.8 Å². The Morgan fingerprint density at radius 3 is 2.68 bits per heavy atom. The second-order valence-corrected chi connectivity index (χ2v) is 4.41. The summed E-state index contributed by atoms with van der Waals surface area (Å²) in [5, 5.41) is 3.94. The minimum absolute atomic E-state index is 0.184. The quantitative estimate of drug-likeness (QED) is 0.865. The molecule has 2 unspecified atom stereocenters. The third-order valence-corrected chi connectivity index (χ3v) is 2.95. The number of ether oxygens (including phenoxy) is 1. The number of benzene rings is 1. The molecule has 2 atom stereocenters. The zero-order valence-corrected chi connectivity index (χ0v) is 11.2. The largest absolute Gasteiger partial charge is 0.367 e. The summed E-state index contributed by atoms with van der Waals surface area (Å²) < 4.78 is 10.7. The lowest BCUT2D eigenvalue weighted by molar-refractivity contribution is 0.105. The van der Waals surface area contributed by atoms with Crippen LogP contribution < -0.4 is 5.73 Å². The van der Waals surface area contributed by atoms with E-state index in [4.69, 9.17) is 15.0 Å². The molecule has 0 fully saturated rings. The summed E-state index contributed by atoms with van der Waals surface area (Å²) in [4.78, 5) is 4.35. The second-order valence-electron chi connectivity index (χ2n) is 4.41. The lowest BCUT2D eigenvalue weighted by Gasteiger charge is -2.10. The molecule has 2 aromatic rings. The van der Waals surface area contributed by atoms with E-state index in [0.29, 0.717) is 11.7 Å². The van der Waals surface area contributed by atoms with E-state index in [2.05, 4.69) is 17.1 Å². The van der Waals surface area contributed by atoms with Gasteiger partial charge in [0.1, 0.15) is 0 Å². The molecule has 0 saturated heterocycles. The highest BCUT2D eigenvalue weighted by Gasteiger charge is 2.22. The SMILES string of the molecule is CCCC(N)c1noc(C(OC)c2ccccc2)n1. The molecule has 0 bridgehead atoms. The highest BCUT2D eigenvalue weighted by atomic mass is 16.5. The van der Waals surface area contributed by atoms with Crippen LogP contribution in [0.5, 0.6) is 0 Å². The molecule has 102 valence electrons. The maximum Gasteiger partial charge on any atom is 0.260 e. The molecule has 5 heteroatoms. The third kappa shape index (κ3) is 3.19. The molecule has 19 heavy (non-hydrogen) atoms. The first-order chi connectivity index (χ1) is 9.26. The van der Waals surface area contributed by atoms with Crippen molar-refractivity contribution in [2.24, 2.45) is 5.73 Å². The van der Waals surface area contributed by atoms with Crippen molar-refractivity contribution < 1.29 is 9.26 Å². The lowest BCUT2D eigenvalue weighted by atomic mass is 10.1. The second kappa shape index (κ2) is 6.45. The highest BCUT2D eigenvalue weighted by Crippen LogP contribution is 2.24. The molecule has 0 aliphatic carbocycles. The average Bonchev–Trinajstić information content (AvgIpc) is 2.91. The van der Waals surface area contributed by atoms with Gasteiger partial charge in [-0.3, -0.25) is 0 Å². The van der Waals surface area contributed by atoms with E-state index in [-0.39, 0.29) is 12.1 Å². The zero-order valence-electron chi connectivity index (χ0n) is 11.2. The summed E-state index contributed by atoms with van der Waals surface area (Å²) in [6, 6.07) is 9.58. The number of nitrogens with zero attached hydrogens (tertiary/aromatic N) is 2. The summed E-state index contributed by atoms with van der Waals surface area (Å²) in [5.74, 6) is 0.977. The maximum atomic E-state index is 5.97. The van der Waals surface area contributed by atoms with E-state index < -0.39 is 0 Å². The van der Waals surface area contributed by atoms with Crippen LogP contribution in [0.4, 0.5) is 0 Å². The Morgan fingerprint density at radius 1 is 1.32 bits per heavy atom. The van der Waals surface area contributed by atoms with Crippen LogP contribution in [0.1, 0.15) is 49.2 Å². The molecular formula is C14H19N3O2. The van der Waals surface area contributed by atoms with Gasteiger partial charge in [-0.15, -0.1) is 0 Å². The molecule has 0 spiro atoms. The number of hydrogen-bond acceptors (Lipinski definition) is 5. The minimum Gasteiger partial charge on any atom is -0.367 e. The van der Waals surface area contributed by atoms with Gasteiger partial charge < -0.3 is 15.0 Å². The summed E-state index contributed by atoms with van der Waals surface area (Å²) >= 11 is 0. The van der Waals surface area contributed by atoms with Crippen LogP contribution >= 0.6 is 0 Å². The van der Waals surface area contributed by atoms with Crippen LogP contribution in [0.3, 0.4) is 0 Å². The molecule has 0 saturated carbocycles. The molecule has 5 nitrogen and oxygen atoms in total. The molecular weight excluding hydrogens is 242 g/mol. The first kappa shape index (κ1) is 13.7. The van der Waals surface area contributed by atoms with Crippen molar-refractivity contribution >= 4 is 0 Å². The van der Waals surface area contributed by atoms with Crippen LogP contribution in [-0.2, 0) is 4.74 Å². The van der Waals surface area contributed by atoms with E-state index in [1.54, 1.807) is 7.11 Å². The van der Waals surface area contributed by atoms with E-state index in [9.17, 15) is 0 Å². The monoisotopic (exact) mass is 261 g/mol. The maximum absolute atomic E-state index is 5.97. The van der Waals surface area contributed by atoms with E-state index in [1.165, 1.54) is 0 Å². The Bertz CT molecular complexity index is 498. The number of hydrogen-bond donors (Lipinski definition) is 1. The molecule has 2 N–H and O–H groups in total. The summed E-state index contributed by atoms with van der Waals surface area (Å²) in [5.41, 5.74) is 6.95. The Morgan fingerprint density at radius 2 is 2.05 bits per heavy atom. The van der Waals surface area contributed by atoms with Crippen LogP contribution in [-0.4, -0.2) is 17.3 Å². The van der Waals surface area contributed by atoms with Gasteiger partial charge in [-0.2, -0.15) is 4.98 Å². The van der Waals surface area contributed by atoms with Crippen molar-refractivity contribution in [3.63, 3.8) is 0 Å². The molecule has 1 aromatic carbocycles. The number of aromatic nitrogens is 2. The van der Waals surface area contributed by atoms with Crippen molar-refractivity contribution in [3.05, 3.63) is 47.6 Å². The Labute approximate surface area is 112 Å². The van der Waals surface area contributed by atoms with Crippen LogP contribution in [0.2, 0.25) is 0 Å². The van der Waals surface area contributed by atoms with Crippen molar-refractivity contribution in [2.75, 3.05) is 7.11 Å². The summed E-state index contributed by atoms with van der Waals surface area (Å²) in [7, 11) is 1.62. The van der Waals surface area contributed by atoms with Gasteiger partial charge in [0, 0.05) is 7.11 Å². The van der Waals surface area contributed by atoms with Gasteiger partial charge in [0.25, 0.3) is 5.89 Å². The van der Waals surface area contributed by atoms with Gasteiger partial charge in [-0.25, -0.2) is 0 Å². The molecule has 0 aliphatic heterocycles. The fourth-order valence-corrected chi connectivity index (χ4v) is 1.95. The van der Waals surface area contributed by atoms with E-state index >= 15 is 0 Å². The normalized spacial score (nSPS) is 14.3. The molecule has 1 heterocycles. The molecule has 0 radical (unpaired) electrons. The van der Waals surface area contributed by atoms with E-state index in [0.717, 1.165) is 18.4 Å². The van der Waals surface area contributed by atoms with Crippen molar-refractivity contribution in [3.8, 4) is 0 Å². The standard InChI is InChI=1S/C14H19N3O2/c1-3-7-11(15)13-16-14(19-17-13)12(18-2)10-8-5-4-6-9-10/h4-6,8-9,11-12H,3,7,15H2,1-2H3. The number of nitrogens with two attached hydrogens (primary N) is 1. The smallest absolute Gasteiger partial charge is 0.260 e. The first-order valence-electron chi connectivity index (χ1n) is 6.43. The third-order valence-electron chi connectivity index (χ3n) is 2.95. The zero-order chi connectivity index (χ0) is 13.7. The van der Waals surface area contributed by atoms with Crippen LogP contribution in [0.15, 0.2) is 34.9 Å². The lowest BCUT2D eigenvalue weighted by Crippen LogP contribution is -2.12. The predicted octanol–water partition coefficient (Wildman–Crippen LogP) is 2.61. The first-order valence-corrected chi connectivity index (χ1v) is 6.43. The summed E-state index contributed by atoms with van der Waals surface area (Å²) in [6.45, 7) is 2.07. The Balaban J connectivity index is 2.21. The predicted molar refractivity (Wildman–Crippen MR) is 71.4 cm³/mol. The Hall–Kier alpha value is -1.72. The number of rotatable bonds is 6. The van der Waals surface area contributed by atoms with Crippen LogP contribution in [0.25, 0.3) is 0 Å². The summed E-state index contributed by atoms with van der Waals surface area (Å²) in [6.07, 6.45) is 1.47. The molecule has 0 aliphatic rings. The van der Waals surface area contributed by atoms with Gasteiger partial charge in [0.05, 0.1) is 6.04 Å². The number of methoxy groups -OCH3 is 1. The van der Waals surface area contributed by atoms with Gasteiger partial charge in [0.15, 0.2) is 11.9 Å². The van der Waals surface area contributed by atoms with Gasteiger partial charge in [0.2, 0.25) is 0 Å². The average molecular weight is 261 g/mol. The van der Waals surface area contributed by atoms with Crippen LogP contribution in [0, 0.1) is 0 Å². The minimum atomic E-state index is -0.351. The fourth-order valence-electron chi connectivity index (χ4n) is 1.95. The molecule has 2 rings (SSSR count). The molecule has 1 aromatic heterocycles. The topological polar surface area (TPSA) is 74.2 Å². The Kier molecular flexibility index (Phi) is 4.65.